The molecule has 154 valence electrons. The second-order valence-electron chi connectivity index (χ2n) is 7.03. The van der Waals surface area contributed by atoms with Gasteiger partial charge < -0.3 is 15.0 Å². The predicted octanol–water partition coefficient (Wildman–Crippen LogP) is 2.48. The van der Waals surface area contributed by atoms with Crippen LogP contribution in [-0.2, 0) is 19.6 Å². The van der Waals surface area contributed by atoms with Crippen molar-refractivity contribution in [2.75, 3.05) is 32.6 Å². The van der Waals surface area contributed by atoms with Gasteiger partial charge in [0.2, 0.25) is 10.0 Å². The molecule has 0 saturated carbocycles. The summed E-state index contributed by atoms with van der Waals surface area (Å²) in [5.41, 5.74) is -0.167. The van der Waals surface area contributed by atoms with Gasteiger partial charge in [-0.2, -0.15) is 0 Å². The lowest BCUT2D eigenvalue weighted by molar-refractivity contribution is -0.114. The van der Waals surface area contributed by atoms with E-state index >= 15 is 0 Å². The molecule has 0 bridgehead atoms. The summed E-state index contributed by atoms with van der Waals surface area (Å²) < 4.78 is 46.2. The fourth-order valence-electron chi connectivity index (χ4n) is 2.66. The number of anilines is 1. The number of halogens is 2. The molecular formula is C18H23ClFN3O4S. The van der Waals surface area contributed by atoms with Gasteiger partial charge in [0.1, 0.15) is 11.5 Å². The summed E-state index contributed by atoms with van der Waals surface area (Å²) in [7, 11) is -0.732. The minimum atomic E-state index is -3.93. The smallest absolute Gasteiger partial charge is 0.272 e. The molecule has 1 aromatic carbocycles. The third-order valence-electron chi connectivity index (χ3n) is 4.16. The molecular weight excluding hydrogens is 409 g/mol. The molecule has 0 atom stereocenters. The van der Waals surface area contributed by atoms with Crippen molar-refractivity contribution in [3.05, 3.63) is 51.8 Å². The maximum absolute atomic E-state index is 13.3. The average Bonchev–Trinajstić information content (AvgIpc) is 2.55. The van der Waals surface area contributed by atoms with E-state index in [2.05, 4.69) is 16.6 Å². The number of likely N-dealkylation sites (N-methyl/N-ethyl adjacent to an activating group) is 1. The first-order chi connectivity index (χ1) is 12.9. The predicted molar refractivity (Wildman–Crippen MR) is 107 cm³/mol. The van der Waals surface area contributed by atoms with E-state index in [1.54, 1.807) is 21.0 Å². The Kier molecular flexibility index (Phi) is 6.55. The van der Waals surface area contributed by atoms with Crippen LogP contribution in [0.1, 0.15) is 13.8 Å². The van der Waals surface area contributed by atoms with Crippen molar-refractivity contribution in [3.63, 3.8) is 0 Å². The molecule has 0 aromatic heterocycles. The number of rotatable bonds is 7. The van der Waals surface area contributed by atoms with Gasteiger partial charge in [-0.15, -0.1) is 0 Å². The highest BCUT2D eigenvalue weighted by atomic mass is 35.5. The Labute approximate surface area is 169 Å². The van der Waals surface area contributed by atoms with E-state index in [0.717, 1.165) is 6.07 Å². The van der Waals surface area contributed by atoms with Crippen LogP contribution >= 0.6 is 11.6 Å². The highest BCUT2D eigenvalue weighted by Gasteiger charge is 2.38. The van der Waals surface area contributed by atoms with Crippen molar-refractivity contribution < 1.29 is 22.3 Å². The van der Waals surface area contributed by atoms with Gasteiger partial charge >= 0.3 is 0 Å². The van der Waals surface area contributed by atoms with Gasteiger partial charge in [0, 0.05) is 19.8 Å². The molecule has 1 aliphatic rings. The Morgan fingerprint density at radius 3 is 2.43 bits per heavy atom. The van der Waals surface area contributed by atoms with E-state index < -0.39 is 27.3 Å². The van der Waals surface area contributed by atoms with E-state index in [4.69, 9.17) is 16.3 Å². The average molecular weight is 432 g/mol. The molecule has 0 unspecified atom stereocenters. The maximum Gasteiger partial charge on any atom is 0.272 e. The van der Waals surface area contributed by atoms with Crippen LogP contribution in [0.2, 0.25) is 5.02 Å². The third kappa shape index (κ3) is 4.91. The van der Waals surface area contributed by atoms with Crippen LogP contribution in [0.4, 0.5) is 10.1 Å². The number of sulfonamides is 1. The number of amides is 1. The minimum absolute atomic E-state index is 0.0887. The van der Waals surface area contributed by atoms with Crippen LogP contribution in [0.3, 0.4) is 0 Å². The molecule has 0 radical (unpaired) electrons. The van der Waals surface area contributed by atoms with Gasteiger partial charge in [-0.1, -0.05) is 18.2 Å². The van der Waals surface area contributed by atoms with Gasteiger partial charge in [0.25, 0.3) is 5.91 Å². The summed E-state index contributed by atoms with van der Waals surface area (Å²) in [6, 6.07) is 3.74. The van der Waals surface area contributed by atoms with E-state index in [9.17, 15) is 17.6 Å². The Bertz CT molecular complexity index is 940. The lowest BCUT2D eigenvalue weighted by atomic mass is 10.0. The number of nitrogens with one attached hydrogen (secondary N) is 2. The first kappa shape index (κ1) is 22.4. The number of hydrogen-bond acceptors (Lipinski definition) is 5. The van der Waals surface area contributed by atoms with Crippen LogP contribution in [-0.4, -0.2) is 52.1 Å². The second kappa shape index (κ2) is 8.20. The highest BCUT2D eigenvalue weighted by Crippen LogP contribution is 2.25. The Balaban J connectivity index is 2.30. The Morgan fingerprint density at radius 1 is 1.36 bits per heavy atom. The van der Waals surface area contributed by atoms with Crippen molar-refractivity contribution in [2.24, 2.45) is 0 Å². The van der Waals surface area contributed by atoms with Crippen molar-refractivity contribution in [1.29, 1.82) is 0 Å². The number of carbonyl (C=O) groups is 1. The van der Waals surface area contributed by atoms with Crippen molar-refractivity contribution >= 4 is 33.2 Å². The van der Waals surface area contributed by atoms with E-state index in [-0.39, 0.29) is 40.1 Å². The molecule has 1 amide bonds. The molecule has 1 saturated heterocycles. The van der Waals surface area contributed by atoms with Gasteiger partial charge in [-0.05, 0) is 37.6 Å². The molecule has 0 aliphatic carbocycles. The molecule has 1 aliphatic heterocycles. The van der Waals surface area contributed by atoms with Gasteiger partial charge in [0.05, 0.1) is 28.7 Å². The number of nitrogens with zero attached hydrogens (tertiary/aromatic N) is 1. The zero-order valence-corrected chi connectivity index (χ0v) is 17.7. The fraction of sp³-hybridized carbons (Fsp3) is 0.389. The van der Waals surface area contributed by atoms with E-state index in [1.807, 2.05) is 0 Å². The zero-order valence-electron chi connectivity index (χ0n) is 16.1. The zero-order chi connectivity index (χ0) is 21.3. The van der Waals surface area contributed by atoms with Crippen LogP contribution in [0.5, 0.6) is 0 Å². The molecule has 0 spiro atoms. The number of carbonyl (C=O) groups excluding carboxylic acids is 1. The summed E-state index contributed by atoms with van der Waals surface area (Å²) in [5.74, 6) is -1.20. The first-order valence-electron chi connectivity index (χ1n) is 8.32. The molecule has 2 N–H and O–H groups in total. The molecule has 2 rings (SSSR count). The summed E-state index contributed by atoms with van der Waals surface area (Å²) in [5, 5.41) is 2.44. The molecule has 1 aromatic rings. The molecule has 1 fully saturated rings. The second-order valence-corrected chi connectivity index (χ2v) is 9.14. The van der Waals surface area contributed by atoms with E-state index in [1.165, 1.54) is 24.0 Å². The van der Waals surface area contributed by atoms with Crippen LogP contribution in [0, 0.1) is 5.82 Å². The molecule has 10 heteroatoms. The summed E-state index contributed by atoms with van der Waals surface area (Å²) in [6.45, 7) is 7.39. The minimum Gasteiger partial charge on any atom is -0.377 e. The standard InChI is InChI=1S/C18H23ClFN3O4S/c1-11(12(2)28(25,26)22-18(3)9-27-10-18)16(23(4)5)17(24)21-13-6-7-15(20)14(19)8-13/h6-8,22H,2,9-10H2,1,3-5H3,(H,21,24)/b16-11-. The molecule has 7 nitrogen and oxygen atoms in total. The number of benzene rings is 1. The Morgan fingerprint density at radius 2 is 1.96 bits per heavy atom. The van der Waals surface area contributed by atoms with Gasteiger partial charge in [-0.25, -0.2) is 17.5 Å². The van der Waals surface area contributed by atoms with Gasteiger partial charge in [0.15, 0.2) is 0 Å². The van der Waals surface area contributed by atoms with Crippen molar-refractivity contribution in [1.82, 2.24) is 9.62 Å². The summed E-state index contributed by atoms with van der Waals surface area (Å²) in [4.78, 5) is 14.0. The quantitative estimate of drug-likeness (QED) is 0.511. The van der Waals surface area contributed by atoms with Crippen LogP contribution < -0.4 is 10.0 Å². The molecule has 28 heavy (non-hydrogen) atoms. The number of hydrogen-bond donors (Lipinski definition) is 2. The Hall–Kier alpha value is -1.94. The van der Waals surface area contributed by atoms with Crippen molar-refractivity contribution in [3.8, 4) is 0 Å². The maximum atomic E-state index is 13.3. The van der Waals surface area contributed by atoms with Crippen LogP contribution in [0.15, 0.2) is 41.0 Å². The third-order valence-corrected chi connectivity index (χ3v) is 6.17. The summed E-state index contributed by atoms with van der Waals surface area (Å²) >= 11 is 5.73. The number of ether oxygens (including phenoxy) is 1. The first-order valence-corrected chi connectivity index (χ1v) is 10.2. The topological polar surface area (TPSA) is 87.7 Å². The van der Waals surface area contributed by atoms with Gasteiger partial charge in [-0.3, -0.25) is 4.79 Å². The largest absolute Gasteiger partial charge is 0.377 e. The number of allylic oxidation sites excluding steroid dienone is 1. The van der Waals surface area contributed by atoms with Crippen molar-refractivity contribution in [2.45, 2.75) is 19.4 Å². The normalized spacial score (nSPS) is 16.6. The SMILES string of the molecule is C=C(/C(C)=C(/C(=O)Nc1ccc(F)c(Cl)c1)N(C)C)S(=O)(=O)NC1(C)COC1. The molecule has 1 heterocycles. The summed E-state index contributed by atoms with van der Waals surface area (Å²) in [6.07, 6.45) is 0. The monoisotopic (exact) mass is 431 g/mol. The lowest BCUT2D eigenvalue weighted by Crippen LogP contribution is -2.59. The highest BCUT2D eigenvalue weighted by molar-refractivity contribution is 7.93. The van der Waals surface area contributed by atoms with Crippen LogP contribution in [0.25, 0.3) is 0 Å². The lowest BCUT2D eigenvalue weighted by Gasteiger charge is -2.38. The fourth-order valence-corrected chi connectivity index (χ4v) is 4.23. The van der Waals surface area contributed by atoms with E-state index in [0.29, 0.717) is 0 Å².